The highest BCUT2D eigenvalue weighted by Crippen LogP contribution is 2.12. The number of aliphatic hydroxyl groups excluding tert-OH is 1. The molecular formula is C16H17N3O2. The topological polar surface area (TPSA) is 69.2 Å². The van der Waals surface area contributed by atoms with E-state index in [0.29, 0.717) is 24.1 Å². The minimum atomic E-state index is -0.0925. The van der Waals surface area contributed by atoms with Gasteiger partial charge >= 0.3 is 0 Å². The van der Waals surface area contributed by atoms with Gasteiger partial charge in [-0.25, -0.2) is 0 Å². The van der Waals surface area contributed by atoms with Crippen LogP contribution in [0.3, 0.4) is 0 Å². The maximum atomic E-state index is 12.5. The van der Waals surface area contributed by atoms with Crippen LogP contribution in [0.1, 0.15) is 27.9 Å². The van der Waals surface area contributed by atoms with E-state index in [1.807, 2.05) is 18.2 Å². The number of hydrogen-bond donors (Lipinski definition) is 2. The maximum absolute atomic E-state index is 12.5. The Bertz CT molecular complexity index is 654. The second-order valence-corrected chi connectivity index (χ2v) is 4.59. The Balaban J connectivity index is 2.17. The number of nitrogens with one attached hydrogen (secondary N) is 1. The minimum Gasteiger partial charge on any atom is -0.395 e. The fourth-order valence-corrected chi connectivity index (χ4v) is 1.91. The summed E-state index contributed by atoms with van der Waals surface area (Å²) in [5.74, 6) is 5.69. The summed E-state index contributed by atoms with van der Waals surface area (Å²) < 4.78 is 0. The van der Waals surface area contributed by atoms with E-state index in [0.717, 1.165) is 5.56 Å². The SMILES string of the molecule is CN(Cc1cn[nH]c1)C(=O)c1ccccc1C#CCCO. The van der Waals surface area contributed by atoms with Crippen molar-refractivity contribution in [3.63, 3.8) is 0 Å². The molecule has 0 aliphatic heterocycles. The molecule has 0 saturated carbocycles. The van der Waals surface area contributed by atoms with Gasteiger partial charge < -0.3 is 10.0 Å². The fourth-order valence-electron chi connectivity index (χ4n) is 1.91. The molecule has 0 fully saturated rings. The molecule has 2 N–H and O–H groups in total. The van der Waals surface area contributed by atoms with Gasteiger partial charge in [0.05, 0.1) is 18.4 Å². The highest BCUT2D eigenvalue weighted by Gasteiger charge is 2.15. The van der Waals surface area contributed by atoms with E-state index >= 15 is 0 Å². The summed E-state index contributed by atoms with van der Waals surface area (Å²) in [6, 6.07) is 7.23. The summed E-state index contributed by atoms with van der Waals surface area (Å²) in [4.78, 5) is 14.1. The second kappa shape index (κ2) is 7.27. The molecule has 1 aromatic heterocycles. The van der Waals surface area contributed by atoms with E-state index in [9.17, 15) is 4.79 Å². The van der Waals surface area contributed by atoms with Gasteiger partial charge in [0.15, 0.2) is 0 Å². The van der Waals surface area contributed by atoms with Crippen molar-refractivity contribution < 1.29 is 9.90 Å². The van der Waals surface area contributed by atoms with Crippen molar-refractivity contribution in [1.82, 2.24) is 15.1 Å². The molecule has 2 rings (SSSR count). The van der Waals surface area contributed by atoms with Crippen LogP contribution < -0.4 is 0 Å². The molecule has 0 spiro atoms. The Kier molecular flexibility index (Phi) is 5.13. The molecule has 0 aliphatic carbocycles. The van der Waals surface area contributed by atoms with E-state index in [1.54, 1.807) is 30.4 Å². The van der Waals surface area contributed by atoms with Crippen molar-refractivity contribution in [3.8, 4) is 11.8 Å². The van der Waals surface area contributed by atoms with Gasteiger partial charge in [-0.2, -0.15) is 5.10 Å². The normalized spacial score (nSPS) is 9.81. The molecule has 1 heterocycles. The molecule has 1 aromatic carbocycles. The first kappa shape index (κ1) is 14.8. The number of aromatic nitrogens is 2. The lowest BCUT2D eigenvalue weighted by Gasteiger charge is -2.17. The van der Waals surface area contributed by atoms with Crippen LogP contribution in [0, 0.1) is 11.8 Å². The first-order valence-electron chi connectivity index (χ1n) is 6.64. The number of carbonyl (C=O) groups excluding carboxylic acids is 1. The Hall–Kier alpha value is -2.58. The summed E-state index contributed by atoms with van der Waals surface area (Å²) in [7, 11) is 1.74. The quantitative estimate of drug-likeness (QED) is 0.834. The average Bonchev–Trinajstić information content (AvgIpc) is 3.00. The number of benzene rings is 1. The third kappa shape index (κ3) is 3.94. The first-order chi connectivity index (χ1) is 10.2. The summed E-state index contributed by atoms with van der Waals surface area (Å²) in [5.41, 5.74) is 2.18. The van der Waals surface area contributed by atoms with Crippen LogP contribution in [0.5, 0.6) is 0 Å². The lowest BCUT2D eigenvalue weighted by molar-refractivity contribution is 0.0785. The molecule has 108 valence electrons. The van der Waals surface area contributed by atoms with Crippen molar-refractivity contribution >= 4 is 5.91 Å². The van der Waals surface area contributed by atoms with Gasteiger partial charge in [0.2, 0.25) is 0 Å². The molecule has 0 unspecified atom stereocenters. The predicted molar refractivity (Wildman–Crippen MR) is 79.4 cm³/mol. The van der Waals surface area contributed by atoms with Crippen LogP contribution in [-0.4, -0.2) is 39.8 Å². The maximum Gasteiger partial charge on any atom is 0.255 e. The zero-order valence-corrected chi connectivity index (χ0v) is 11.8. The third-order valence-electron chi connectivity index (χ3n) is 2.94. The number of aliphatic hydroxyl groups is 1. The summed E-state index contributed by atoms with van der Waals surface area (Å²) in [6.07, 6.45) is 3.85. The van der Waals surface area contributed by atoms with Crippen molar-refractivity contribution in [2.75, 3.05) is 13.7 Å². The summed E-state index contributed by atoms with van der Waals surface area (Å²) in [5, 5.41) is 15.4. The Morgan fingerprint density at radius 1 is 1.43 bits per heavy atom. The van der Waals surface area contributed by atoms with Gasteiger partial charge in [-0.1, -0.05) is 24.0 Å². The molecule has 0 radical (unpaired) electrons. The molecule has 21 heavy (non-hydrogen) atoms. The van der Waals surface area contributed by atoms with Crippen LogP contribution in [0.2, 0.25) is 0 Å². The van der Waals surface area contributed by atoms with Crippen LogP contribution in [0.4, 0.5) is 0 Å². The Labute approximate surface area is 123 Å². The Morgan fingerprint density at radius 2 is 2.24 bits per heavy atom. The van der Waals surface area contributed by atoms with Crippen LogP contribution >= 0.6 is 0 Å². The molecule has 0 atom stereocenters. The van der Waals surface area contributed by atoms with E-state index in [-0.39, 0.29) is 12.5 Å². The van der Waals surface area contributed by atoms with E-state index < -0.39 is 0 Å². The molecule has 5 heteroatoms. The van der Waals surface area contributed by atoms with Gasteiger partial charge in [0, 0.05) is 37.3 Å². The molecule has 1 amide bonds. The fraction of sp³-hybridized carbons (Fsp3) is 0.250. The molecule has 0 bridgehead atoms. The van der Waals surface area contributed by atoms with Gasteiger partial charge in [0.1, 0.15) is 0 Å². The number of rotatable bonds is 4. The molecule has 0 aliphatic rings. The van der Waals surface area contributed by atoms with Gasteiger partial charge in [0.25, 0.3) is 5.91 Å². The van der Waals surface area contributed by atoms with Crippen LogP contribution in [-0.2, 0) is 6.54 Å². The molecular weight excluding hydrogens is 266 g/mol. The summed E-state index contributed by atoms with van der Waals surface area (Å²) >= 11 is 0. The highest BCUT2D eigenvalue weighted by molar-refractivity contribution is 5.96. The number of H-pyrrole nitrogens is 1. The number of carbonyl (C=O) groups is 1. The molecule has 2 aromatic rings. The molecule has 0 saturated heterocycles. The first-order valence-corrected chi connectivity index (χ1v) is 6.64. The largest absolute Gasteiger partial charge is 0.395 e. The summed E-state index contributed by atoms with van der Waals surface area (Å²) in [6.45, 7) is 0.497. The van der Waals surface area contributed by atoms with E-state index in [2.05, 4.69) is 22.0 Å². The third-order valence-corrected chi connectivity index (χ3v) is 2.94. The zero-order valence-electron chi connectivity index (χ0n) is 11.8. The van der Waals surface area contributed by atoms with Crippen molar-refractivity contribution in [1.29, 1.82) is 0 Å². The van der Waals surface area contributed by atoms with Crippen molar-refractivity contribution in [3.05, 3.63) is 53.3 Å². The smallest absolute Gasteiger partial charge is 0.255 e. The second-order valence-electron chi connectivity index (χ2n) is 4.59. The van der Waals surface area contributed by atoms with Crippen molar-refractivity contribution in [2.24, 2.45) is 0 Å². The average molecular weight is 283 g/mol. The lowest BCUT2D eigenvalue weighted by Crippen LogP contribution is -2.26. The number of nitrogens with zero attached hydrogens (tertiary/aromatic N) is 2. The number of hydrogen-bond acceptors (Lipinski definition) is 3. The zero-order chi connectivity index (χ0) is 15.1. The van der Waals surface area contributed by atoms with E-state index in [4.69, 9.17) is 5.11 Å². The molecule has 5 nitrogen and oxygen atoms in total. The number of amides is 1. The number of aromatic amines is 1. The van der Waals surface area contributed by atoms with Gasteiger partial charge in [-0.05, 0) is 12.1 Å². The minimum absolute atomic E-state index is 0.0174. The highest BCUT2D eigenvalue weighted by atomic mass is 16.2. The van der Waals surface area contributed by atoms with Gasteiger partial charge in [-0.3, -0.25) is 9.89 Å². The van der Waals surface area contributed by atoms with Gasteiger partial charge in [-0.15, -0.1) is 0 Å². The van der Waals surface area contributed by atoms with Crippen molar-refractivity contribution in [2.45, 2.75) is 13.0 Å². The van der Waals surface area contributed by atoms with Crippen LogP contribution in [0.15, 0.2) is 36.7 Å². The van der Waals surface area contributed by atoms with Crippen LogP contribution in [0.25, 0.3) is 0 Å². The predicted octanol–water partition coefficient (Wildman–Crippen LogP) is 1.42. The lowest BCUT2D eigenvalue weighted by atomic mass is 10.1. The standard InChI is InChI=1S/C16H17N3O2/c1-19(12-13-10-17-18-11-13)16(21)15-8-3-2-6-14(15)7-4-5-9-20/h2-3,6,8,10-11,20H,5,9,12H2,1H3,(H,17,18). The Morgan fingerprint density at radius 3 is 2.95 bits per heavy atom. The van der Waals surface area contributed by atoms with E-state index in [1.165, 1.54) is 0 Å². The monoisotopic (exact) mass is 283 g/mol.